The molecule has 29 heavy (non-hydrogen) atoms. The van der Waals surface area contributed by atoms with Crippen molar-refractivity contribution >= 4 is 11.8 Å². The highest BCUT2D eigenvalue weighted by atomic mass is 16.5. The molecule has 0 spiro atoms. The fraction of sp³-hybridized carbons (Fsp3) is 0.455. The highest BCUT2D eigenvalue weighted by Gasteiger charge is 2.41. The van der Waals surface area contributed by atoms with Gasteiger partial charge in [0.05, 0.1) is 39.4 Å². The normalized spacial score (nSPS) is 18.8. The van der Waals surface area contributed by atoms with Crippen LogP contribution in [0, 0.1) is 0 Å². The number of hydrogen-bond donors (Lipinski definition) is 1. The minimum absolute atomic E-state index is 0.0230. The summed E-state index contributed by atoms with van der Waals surface area (Å²) in [6.07, 6.45) is 1.98. The van der Waals surface area contributed by atoms with Gasteiger partial charge in [0.15, 0.2) is 17.3 Å². The molecule has 1 aliphatic carbocycles. The number of methoxy groups -OCH3 is 3. The van der Waals surface area contributed by atoms with Gasteiger partial charge < -0.3 is 24.3 Å². The van der Waals surface area contributed by atoms with Gasteiger partial charge in [0, 0.05) is 29.0 Å². The predicted octanol–water partition coefficient (Wildman–Crippen LogP) is 3.24. The second kappa shape index (κ2) is 8.59. The van der Waals surface area contributed by atoms with E-state index in [0.717, 1.165) is 18.5 Å². The van der Waals surface area contributed by atoms with E-state index >= 15 is 0 Å². The third-order valence-electron chi connectivity index (χ3n) is 5.32. The number of carbonyl (C=O) groups excluding carboxylic acids is 2. The molecule has 7 nitrogen and oxygen atoms in total. The summed E-state index contributed by atoms with van der Waals surface area (Å²) in [6.45, 7) is 3.83. The zero-order valence-electron chi connectivity index (χ0n) is 17.5. The molecule has 0 saturated carbocycles. The Morgan fingerprint density at radius 2 is 1.83 bits per heavy atom. The quantitative estimate of drug-likeness (QED) is 0.733. The summed E-state index contributed by atoms with van der Waals surface area (Å²) >= 11 is 0. The molecule has 0 amide bonds. The van der Waals surface area contributed by atoms with Crippen molar-refractivity contribution in [3.05, 3.63) is 40.2 Å². The lowest BCUT2D eigenvalue weighted by atomic mass is 9.75. The van der Waals surface area contributed by atoms with Gasteiger partial charge in [0.2, 0.25) is 5.75 Å². The number of allylic oxidation sites excluding steroid dienone is 3. The average Bonchev–Trinajstić information content (AvgIpc) is 2.71. The molecule has 0 fully saturated rings. The van der Waals surface area contributed by atoms with Crippen LogP contribution < -0.4 is 19.5 Å². The number of carbonyl (C=O) groups is 2. The first kappa shape index (κ1) is 20.8. The van der Waals surface area contributed by atoms with Gasteiger partial charge in [-0.2, -0.15) is 0 Å². The summed E-state index contributed by atoms with van der Waals surface area (Å²) in [7, 11) is 4.59. The Labute approximate surface area is 170 Å². The van der Waals surface area contributed by atoms with E-state index in [0.29, 0.717) is 46.1 Å². The van der Waals surface area contributed by atoms with Crippen LogP contribution in [0.4, 0.5) is 0 Å². The molecule has 7 heteroatoms. The molecule has 1 unspecified atom stereocenters. The summed E-state index contributed by atoms with van der Waals surface area (Å²) in [6, 6.07) is 3.57. The zero-order valence-corrected chi connectivity index (χ0v) is 17.5. The Morgan fingerprint density at radius 1 is 1.10 bits per heavy atom. The molecule has 1 heterocycles. The van der Waals surface area contributed by atoms with Crippen LogP contribution in [-0.4, -0.2) is 39.7 Å². The van der Waals surface area contributed by atoms with Crippen LogP contribution in [0.5, 0.6) is 17.2 Å². The van der Waals surface area contributed by atoms with E-state index in [1.807, 2.05) is 13.0 Å². The third kappa shape index (κ3) is 3.57. The number of dihydropyridines is 1. The van der Waals surface area contributed by atoms with E-state index in [9.17, 15) is 9.59 Å². The molecule has 0 radical (unpaired) electrons. The van der Waals surface area contributed by atoms with Crippen molar-refractivity contribution in [1.82, 2.24) is 5.32 Å². The minimum Gasteiger partial charge on any atom is -0.493 e. The lowest BCUT2D eigenvalue weighted by molar-refractivity contribution is -0.138. The second-order valence-corrected chi connectivity index (χ2v) is 6.91. The maximum Gasteiger partial charge on any atom is 0.336 e. The monoisotopic (exact) mass is 401 g/mol. The zero-order chi connectivity index (χ0) is 21.1. The van der Waals surface area contributed by atoms with Gasteiger partial charge >= 0.3 is 5.97 Å². The third-order valence-corrected chi connectivity index (χ3v) is 5.32. The van der Waals surface area contributed by atoms with E-state index in [1.54, 1.807) is 20.1 Å². The molecular weight excluding hydrogens is 374 g/mol. The van der Waals surface area contributed by atoms with Crippen molar-refractivity contribution in [2.45, 2.75) is 39.0 Å². The Hall–Kier alpha value is -2.96. The van der Waals surface area contributed by atoms with Crippen molar-refractivity contribution < 1.29 is 28.5 Å². The number of ketones is 1. The van der Waals surface area contributed by atoms with Crippen LogP contribution in [0.25, 0.3) is 0 Å². The molecule has 3 rings (SSSR count). The van der Waals surface area contributed by atoms with Crippen molar-refractivity contribution in [1.29, 1.82) is 0 Å². The lowest BCUT2D eigenvalue weighted by Gasteiger charge is -2.34. The van der Waals surface area contributed by atoms with Gasteiger partial charge in [-0.1, -0.05) is 6.07 Å². The van der Waals surface area contributed by atoms with Crippen LogP contribution in [0.3, 0.4) is 0 Å². The Balaban J connectivity index is 2.28. The standard InChI is InChI=1S/C22H27NO6/c1-6-29-22(25)17-12(2)23-14-8-7-9-15(24)19(14)18(17)13-10-11-16(26-3)21(28-5)20(13)27-4/h10-11,18,23H,6-9H2,1-5H3. The van der Waals surface area contributed by atoms with Crippen LogP contribution in [0.1, 0.15) is 44.6 Å². The van der Waals surface area contributed by atoms with Gasteiger partial charge in [-0.15, -0.1) is 0 Å². The smallest absolute Gasteiger partial charge is 0.336 e. The fourth-order valence-electron chi connectivity index (χ4n) is 4.13. The topological polar surface area (TPSA) is 83.1 Å². The van der Waals surface area contributed by atoms with E-state index in [1.165, 1.54) is 14.2 Å². The highest BCUT2D eigenvalue weighted by Crippen LogP contribution is 2.49. The van der Waals surface area contributed by atoms with Crippen LogP contribution in [0.15, 0.2) is 34.7 Å². The predicted molar refractivity (Wildman–Crippen MR) is 107 cm³/mol. The van der Waals surface area contributed by atoms with Crippen molar-refractivity contribution in [3.8, 4) is 17.2 Å². The number of ether oxygens (including phenoxy) is 4. The summed E-state index contributed by atoms with van der Waals surface area (Å²) in [5.74, 6) is 0.312. The molecule has 1 aliphatic heterocycles. The minimum atomic E-state index is -0.604. The van der Waals surface area contributed by atoms with E-state index in [-0.39, 0.29) is 12.4 Å². The van der Waals surface area contributed by atoms with Crippen LogP contribution >= 0.6 is 0 Å². The first-order chi connectivity index (χ1) is 14.0. The van der Waals surface area contributed by atoms with Crippen LogP contribution in [-0.2, 0) is 14.3 Å². The molecule has 0 aromatic heterocycles. The fourth-order valence-corrected chi connectivity index (χ4v) is 4.13. The van der Waals surface area contributed by atoms with Crippen molar-refractivity contribution in [2.75, 3.05) is 27.9 Å². The highest BCUT2D eigenvalue weighted by molar-refractivity contribution is 6.04. The maximum absolute atomic E-state index is 13.0. The van der Waals surface area contributed by atoms with Gasteiger partial charge in [-0.25, -0.2) is 4.79 Å². The summed E-state index contributed by atoms with van der Waals surface area (Å²) < 4.78 is 21.9. The second-order valence-electron chi connectivity index (χ2n) is 6.91. The van der Waals surface area contributed by atoms with Crippen LogP contribution in [0.2, 0.25) is 0 Å². The van der Waals surface area contributed by atoms with Crippen molar-refractivity contribution in [3.63, 3.8) is 0 Å². The average molecular weight is 401 g/mol. The largest absolute Gasteiger partial charge is 0.493 e. The molecule has 0 bridgehead atoms. The maximum atomic E-state index is 13.0. The SMILES string of the molecule is CCOC(=O)C1=C(C)NC2=C(C(=O)CCC2)C1c1ccc(OC)c(OC)c1OC. The first-order valence-electron chi connectivity index (χ1n) is 9.68. The van der Waals surface area contributed by atoms with Crippen molar-refractivity contribution in [2.24, 2.45) is 0 Å². The van der Waals surface area contributed by atoms with E-state index in [4.69, 9.17) is 18.9 Å². The first-order valence-corrected chi connectivity index (χ1v) is 9.68. The Morgan fingerprint density at radius 3 is 2.45 bits per heavy atom. The van der Waals surface area contributed by atoms with Gasteiger partial charge in [-0.3, -0.25) is 4.79 Å². The number of Topliss-reactive ketones (excluding diaryl/α,β-unsaturated/α-hetero) is 1. The molecule has 1 N–H and O–H groups in total. The lowest BCUT2D eigenvalue weighted by Crippen LogP contribution is -2.34. The van der Waals surface area contributed by atoms with Gasteiger partial charge in [0.25, 0.3) is 0 Å². The number of rotatable bonds is 6. The van der Waals surface area contributed by atoms with Gasteiger partial charge in [0.1, 0.15) is 0 Å². The summed E-state index contributed by atoms with van der Waals surface area (Å²) in [5.41, 5.74) is 3.20. The molecule has 2 aliphatic rings. The molecule has 1 aromatic carbocycles. The number of hydrogen-bond acceptors (Lipinski definition) is 7. The Bertz CT molecular complexity index is 899. The molecule has 1 aromatic rings. The van der Waals surface area contributed by atoms with E-state index < -0.39 is 11.9 Å². The number of benzene rings is 1. The van der Waals surface area contributed by atoms with E-state index in [2.05, 4.69) is 5.32 Å². The number of nitrogens with one attached hydrogen (secondary N) is 1. The summed E-state index contributed by atoms with van der Waals surface area (Å²) in [4.78, 5) is 25.9. The molecule has 0 saturated heterocycles. The molecule has 1 atom stereocenters. The summed E-state index contributed by atoms with van der Waals surface area (Å²) in [5, 5.41) is 3.27. The molecule has 156 valence electrons. The molecular formula is C22H27NO6. The van der Waals surface area contributed by atoms with Gasteiger partial charge in [-0.05, 0) is 32.8 Å². The number of esters is 1. The Kier molecular flexibility index (Phi) is 6.15.